The van der Waals surface area contributed by atoms with Crippen LogP contribution in [-0.2, 0) is 20.7 Å². The molecule has 0 aliphatic carbocycles. The molecule has 3 rings (SSSR count). The molecule has 6 heteroatoms. The van der Waals surface area contributed by atoms with Crippen LogP contribution in [0.1, 0.15) is 24.8 Å². The van der Waals surface area contributed by atoms with Gasteiger partial charge in [0.15, 0.2) is 0 Å². The Bertz CT molecular complexity index is 731. The van der Waals surface area contributed by atoms with E-state index in [0.717, 1.165) is 16.5 Å². The Kier molecular flexibility index (Phi) is 4.85. The Balaban J connectivity index is 1.55. The number of fused-ring (bicyclic) bond motifs is 1. The minimum Gasteiger partial charge on any atom is -0.481 e. The SMILES string of the molecule is O=C(CCc1c[nH]c2ccccc12)NCC1(C(=O)O)CCOCC1. The van der Waals surface area contributed by atoms with E-state index in [0.29, 0.717) is 38.9 Å². The van der Waals surface area contributed by atoms with Gasteiger partial charge in [-0.2, -0.15) is 0 Å². The maximum Gasteiger partial charge on any atom is 0.311 e. The highest BCUT2D eigenvalue weighted by molar-refractivity contribution is 5.84. The molecule has 1 fully saturated rings. The number of ether oxygens (including phenoxy) is 1. The van der Waals surface area contributed by atoms with Crippen molar-refractivity contribution in [2.45, 2.75) is 25.7 Å². The van der Waals surface area contributed by atoms with Crippen molar-refractivity contribution in [3.05, 3.63) is 36.0 Å². The number of benzene rings is 1. The first-order valence-electron chi connectivity index (χ1n) is 8.24. The van der Waals surface area contributed by atoms with Gasteiger partial charge in [0.05, 0.1) is 5.41 Å². The molecule has 2 heterocycles. The number of nitrogens with one attached hydrogen (secondary N) is 2. The number of carboxylic acids is 1. The van der Waals surface area contributed by atoms with E-state index in [1.165, 1.54) is 0 Å². The number of aryl methyl sites for hydroxylation is 1. The number of carboxylic acid groups (broad SMARTS) is 1. The van der Waals surface area contributed by atoms with Gasteiger partial charge in [-0.05, 0) is 30.9 Å². The van der Waals surface area contributed by atoms with Crippen LogP contribution < -0.4 is 5.32 Å². The Morgan fingerprint density at radius 3 is 2.75 bits per heavy atom. The van der Waals surface area contributed by atoms with Crippen LogP contribution in [0.4, 0.5) is 0 Å². The predicted molar refractivity (Wildman–Crippen MR) is 89.8 cm³/mol. The number of aliphatic carboxylic acids is 1. The molecule has 0 saturated carbocycles. The van der Waals surface area contributed by atoms with E-state index < -0.39 is 11.4 Å². The lowest BCUT2D eigenvalue weighted by Gasteiger charge is -2.33. The average molecular weight is 330 g/mol. The minimum atomic E-state index is -0.894. The van der Waals surface area contributed by atoms with Crippen molar-refractivity contribution >= 4 is 22.8 Å². The number of hydrogen-bond donors (Lipinski definition) is 3. The molecule has 0 atom stereocenters. The van der Waals surface area contributed by atoms with Crippen LogP contribution in [0.3, 0.4) is 0 Å². The third kappa shape index (κ3) is 3.43. The Labute approximate surface area is 140 Å². The first kappa shape index (κ1) is 16.5. The molecule has 0 radical (unpaired) electrons. The highest BCUT2D eigenvalue weighted by atomic mass is 16.5. The summed E-state index contributed by atoms with van der Waals surface area (Å²) in [7, 11) is 0. The molecule has 1 aromatic heterocycles. The average Bonchev–Trinajstić information content (AvgIpc) is 3.02. The highest BCUT2D eigenvalue weighted by Crippen LogP contribution is 2.30. The molecule has 0 bridgehead atoms. The monoisotopic (exact) mass is 330 g/mol. The molecule has 128 valence electrons. The fourth-order valence-corrected chi connectivity index (χ4v) is 3.17. The van der Waals surface area contributed by atoms with Gasteiger partial charge in [0.1, 0.15) is 0 Å². The van der Waals surface area contributed by atoms with Gasteiger partial charge >= 0.3 is 5.97 Å². The second-order valence-electron chi connectivity index (χ2n) is 6.33. The van der Waals surface area contributed by atoms with Gasteiger partial charge in [0.25, 0.3) is 0 Å². The molecular weight excluding hydrogens is 308 g/mol. The second kappa shape index (κ2) is 7.05. The summed E-state index contributed by atoms with van der Waals surface area (Å²) >= 11 is 0. The van der Waals surface area contributed by atoms with Crippen LogP contribution in [0.5, 0.6) is 0 Å². The van der Waals surface area contributed by atoms with Crippen molar-refractivity contribution < 1.29 is 19.4 Å². The summed E-state index contributed by atoms with van der Waals surface area (Å²) in [6, 6.07) is 7.97. The molecule has 0 spiro atoms. The van der Waals surface area contributed by atoms with E-state index in [2.05, 4.69) is 10.3 Å². The Hall–Kier alpha value is -2.34. The largest absolute Gasteiger partial charge is 0.481 e. The van der Waals surface area contributed by atoms with Crippen molar-refractivity contribution in [3.8, 4) is 0 Å². The number of aromatic nitrogens is 1. The fraction of sp³-hybridized carbons (Fsp3) is 0.444. The number of H-pyrrole nitrogens is 1. The summed E-state index contributed by atoms with van der Waals surface area (Å²) in [5.41, 5.74) is 1.26. The second-order valence-corrected chi connectivity index (χ2v) is 6.33. The maximum absolute atomic E-state index is 12.1. The third-order valence-electron chi connectivity index (χ3n) is 4.82. The fourth-order valence-electron chi connectivity index (χ4n) is 3.17. The normalized spacial score (nSPS) is 16.8. The van der Waals surface area contributed by atoms with E-state index >= 15 is 0 Å². The number of rotatable bonds is 6. The van der Waals surface area contributed by atoms with Gasteiger partial charge in [-0.25, -0.2) is 0 Å². The van der Waals surface area contributed by atoms with Gasteiger partial charge in [-0.3, -0.25) is 9.59 Å². The third-order valence-corrected chi connectivity index (χ3v) is 4.82. The smallest absolute Gasteiger partial charge is 0.311 e. The predicted octanol–water partition coefficient (Wildman–Crippen LogP) is 2.10. The first-order chi connectivity index (χ1) is 11.6. The van der Waals surface area contributed by atoms with E-state index in [1.807, 2.05) is 30.5 Å². The maximum atomic E-state index is 12.1. The molecule has 3 N–H and O–H groups in total. The van der Waals surface area contributed by atoms with Gasteiger partial charge in [0.2, 0.25) is 5.91 Å². The zero-order valence-corrected chi connectivity index (χ0v) is 13.5. The molecule has 1 amide bonds. The molecule has 2 aromatic rings. The molecule has 24 heavy (non-hydrogen) atoms. The van der Waals surface area contributed by atoms with Crippen LogP contribution >= 0.6 is 0 Å². The summed E-state index contributed by atoms with van der Waals surface area (Å²) in [4.78, 5) is 26.9. The number of amides is 1. The van der Waals surface area contributed by atoms with Crippen LogP contribution in [0.25, 0.3) is 10.9 Å². The zero-order valence-electron chi connectivity index (χ0n) is 13.5. The zero-order chi connectivity index (χ0) is 17.0. The van der Waals surface area contributed by atoms with Crippen LogP contribution in [-0.4, -0.2) is 41.7 Å². The van der Waals surface area contributed by atoms with Crippen molar-refractivity contribution in [1.82, 2.24) is 10.3 Å². The summed E-state index contributed by atoms with van der Waals surface area (Å²) in [5, 5.41) is 13.4. The lowest BCUT2D eigenvalue weighted by atomic mass is 9.80. The molecule has 6 nitrogen and oxygen atoms in total. The number of aromatic amines is 1. The quantitative estimate of drug-likeness (QED) is 0.756. The molecule has 1 aromatic carbocycles. The van der Waals surface area contributed by atoms with Gasteiger partial charge in [-0.1, -0.05) is 18.2 Å². The van der Waals surface area contributed by atoms with E-state index in [1.54, 1.807) is 0 Å². The number of carbonyl (C=O) groups excluding carboxylic acids is 1. The van der Waals surface area contributed by atoms with Crippen LogP contribution in [0.2, 0.25) is 0 Å². The molecule has 1 aliphatic heterocycles. The Morgan fingerprint density at radius 2 is 2.00 bits per heavy atom. The molecule has 1 saturated heterocycles. The summed E-state index contributed by atoms with van der Waals surface area (Å²) < 4.78 is 5.24. The Morgan fingerprint density at radius 1 is 1.25 bits per heavy atom. The van der Waals surface area contributed by atoms with Gasteiger partial charge in [-0.15, -0.1) is 0 Å². The van der Waals surface area contributed by atoms with E-state index in [4.69, 9.17) is 4.74 Å². The lowest BCUT2D eigenvalue weighted by molar-refractivity contribution is -0.154. The van der Waals surface area contributed by atoms with Crippen LogP contribution in [0, 0.1) is 5.41 Å². The summed E-state index contributed by atoms with van der Waals surface area (Å²) in [5.74, 6) is -0.977. The van der Waals surface area contributed by atoms with Crippen molar-refractivity contribution in [2.75, 3.05) is 19.8 Å². The standard InChI is InChI=1S/C18H22N2O4/c21-16(20-12-18(17(22)23)7-9-24-10-8-18)6-5-13-11-19-15-4-2-1-3-14(13)15/h1-4,11,19H,5-10,12H2,(H,20,21)(H,22,23). The molecular formula is C18H22N2O4. The van der Waals surface area contributed by atoms with Crippen LogP contribution in [0.15, 0.2) is 30.5 Å². The lowest BCUT2D eigenvalue weighted by Crippen LogP contribution is -2.46. The first-order valence-corrected chi connectivity index (χ1v) is 8.24. The van der Waals surface area contributed by atoms with E-state index in [-0.39, 0.29) is 12.5 Å². The van der Waals surface area contributed by atoms with Crippen molar-refractivity contribution in [3.63, 3.8) is 0 Å². The minimum absolute atomic E-state index is 0.118. The number of hydrogen-bond acceptors (Lipinski definition) is 3. The number of carbonyl (C=O) groups is 2. The van der Waals surface area contributed by atoms with Crippen molar-refractivity contribution in [1.29, 1.82) is 0 Å². The summed E-state index contributed by atoms with van der Waals surface area (Å²) in [6.45, 7) is 1.02. The van der Waals surface area contributed by atoms with Gasteiger partial charge in [0, 0.05) is 43.3 Å². The number of para-hydroxylation sites is 1. The van der Waals surface area contributed by atoms with E-state index in [9.17, 15) is 14.7 Å². The molecule has 0 unspecified atom stereocenters. The topological polar surface area (TPSA) is 91.4 Å². The van der Waals surface area contributed by atoms with Crippen molar-refractivity contribution in [2.24, 2.45) is 5.41 Å². The highest BCUT2D eigenvalue weighted by Gasteiger charge is 2.40. The summed E-state index contributed by atoms with van der Waals surface area (Å²) in [6.07, 6.45) is 3.76. The van der Waals surface area contributed by atoms with Gasteiger partial charge < -0.3 is 20.1 Å². The molecule has 1 aliphatic rings.